The minimum atomic E-state index is -3.09. The van der Waals surface area contributed by atoms with Crippen LogP contribution in [0.2, 0.25) is 0 Å². The molecule has 0 radical (unpaired) electrons. The summed E-state index contributed by atoms with van der Waals surface area (Å²) in [6.45, 7) is 5.88. The number of sulfone groups is 1. The Balaban J connectivity index is 2.91. The molecule has 0 aliphatic carbocycles. The van der Waals surface area contributed by atoms with Gasteiger partial charge in [0.05, 0.1) is 16.7 Å². The Hall–Kier alpha value is -1.04. The molecule has 15 heavy (non-hydrogen) atoms. The van der Waals surface area contributed by atoms with Crippen LogP contribution in [-0.2, 0) is 22.1 Å². The van der Waals surface area contributed by atoms with E-state index in [9.17, 15) is 8.42 Å². The van der Waals surface area contributed by atoms with E-state index in [1.54, 1.807) is 24.6 Å². The molecule has 1 heterocycles. The van der Waals surface area contributed by atoms with Crippen molar-refractivity contribution in [3.05, 3.63) is 11.8 Å². The highest BCUT2D eigenvalue weighted by atomic mass is 32.2. The summed E-state index contributed by atoms with van der Waals surface area (Å²) in [6.07, 6.45) is 0. The topological polar surface area (TPSA) is 78.0 Å². The number of nitrogens with two attached hydrogens (primary N) is 1. The van der Waals surface area contributed by atoms with E-state index >= 15 is 0 Å². The van der Waals surface area contributed by atoms with Gasteiger partial charge in [-0.05, 0) is 20.8 Å². The molecule has 0 atom stereocenters. The fourth-order valence-corrected chi connectivity index (χ4v) is 2.07. The van der Waals surface area contributed by atoms with E-state index in [4.69, 9.17) is 5.73 Å². The summed E-state index contributed by atoms with van der Waals surface area (Å²) in [5.41, 5.74) is 6.17. The number of hydrogen-bond acceptors (Lipinski definition) is 4. The van der Waals surface area contributed by atoms with Gasteiger partial charge >= 0.3 is 0 Å². The molecule has 0 saturated carbocycles. The summed E-state index contributed by atoms with van der Waals surface area (Å²) in [5, 5.41) is 3.72. The van der Waals surface area contributed by atoms with Gasteiger partial charge in [-0.15, -0.1) is 0 Å². The van der Waals surface area contributed by atoms with Gasteiger partial charge in [0, 0.05) is 12.6 Å². The molecule has 0 aliphatic heterocycles. The maximum atomic E-state index is 11.6. The average Bonchev–Trinajstić information content (AvgIpc) is 2.44. The molecule has 1 rings (SSSR count). The first-order chi connectivity index (χ1) is 6.86. The lowest BCUT2D eigenvalue weighted by molar-refractivity contribution is 0.584. The van der Waals surface area contributed by atoms with Crippen LogP contribution in [0, 0.1) is 0 Å². The van der Waals surface area contributed by atoms with Crippen molar-refractivity contribution in [3.8, 4) is 0 Å². The standard InChI is InChI=1S/C9H17N3O2S/c1-4-12-9(10)5-8(11-12)6-15(13,14)7(2)3/h5,7H,4,6,10H2,1-3H3. The van der Waals surface area contributed by atoms with Crippen LogP contribution >= 0.6 is 0 Å². The number of aryl methyl sites for hydroxylation is 1. The van der Waals surface area contributed by atoms with Gasteiger partial charge in [-0.25, -0.2) is 8.42 Å². The van der Waals surface area contributed by atoms with Gasteiger partial charge in [0.1, 0.15) is 5.82 Å². The highest BCUT2D eigenvalue weighted by molar-refractivity contribution is 7.91. The smallest absolute Gasteiger partial charge is 0.158 e. The van der Waals surface area contributed by atoms with E-state index in [1.807, 2.05) is 6.92 Å². The number of nitrogen functional groups attached to an aromatic ring is 1. The first-order valence-corrected chi connectivity index (χ1v) is 6.62. The van der Waals surface area contributed by atoms with Crippen molar-refractivity contribution < 1.29 is 8.42 Å². The second kappa shape index (κ2) is 4.22. The van der Waals surface area contributed by atoms with Crippen molar-refractivity contribution in [2.45, 2.75) is 38.3 Å². The van der Waals surface area contributed by atoms with Crippen molar-refractivity contribution >= 4 is 15.7 Å². The first-order valence-electron chi connectivity index (χ1n) is 4.90. The molecule has 0 spiro atoms. The molecule has 0 saturated heterocycles. The van der Waals surface area contributed by atoms with Gasteiger partial charge in [-0.3, -0.25) is 4.68 Å². The molecule has 6 heteroatoms. The first kappa shape index (κ1) is 12.0. The van der Waals surface area contributed by atoms with Crippen LogP contribution in [0.5, 0.6) is 0 Å². The molecule has 2 N–H and O–H groups in total. The Bertz CT molecular complexity index is 434. The highest BCUT2D eigenvalue weighted by Gasteiger charge is 2.19. The van der Waals surface area contributed by atoms with E-state index in [0.29, 0.717) is 18.1 Å². The van der Waals surface area contributed by atoms with Gasteiger partial charge in [0.15, 0.2) is 9.84 Å². The Morgan fingerprint density at radius 2 is 2.13 bits per heavy atom. The summed E-state index contributed by atoms with van der Waals surface area (Å²) >= 11 is 0. The number of anilines is 1. The predicted octanol–water partition coefficient (Wildman–Crippen LogP) is 0.808. The quantitative estimate of drug-likeness (QED) is 0.831. The summed E-state index contributed by atoms with van der Waals surface area (Å²) in [5.74, 6) is 0.466. The van der Waals surface area contributed by atoms with Gasteiger partial charge in [0.2, 0.25) is 0 Å². The fraction of sp³-hybridized carbons (Fsp3) is 0.667. The van der Waals surface area contributed by atoms with Gasteiger partial charge < -0.3 is 5.73 Å². The molecular formula is C9H17N3O2S. The van der Waals surface area contributed by atoms with Crippen molar-refractivity contribution in [1.29, 1.82) is 0 Å². The van der Waals surface area contributed by atoms with Crippen LogP contribution in [0.25, 0.3) is 0 Å². The summed E-state index contributed by atoms with van der Waals surface area (Å²) in [6, 6.07) is 1.61. The molecule has 0 amide bonds. The molecular weight excluding hydrogens is 214 g/mol. The van der Waals surface area contributed by atoms with Crippen LogP contribution < -0.4 is 5.73 Å². The maximum absolute atomic E-state index is 11.6. The average molecular weight is 231 g/mol. The third-order valence-electron chi connectivity index (χ3n) is 2.23. The Labute approximate surface area is 90.2 Å². The number of aromatic nitrogens is 2. The second-order valence-corrected chi connectivity index (χ2v) is 6.29. The van der Waals surface area contributed by atoms with Crippen LogP contribution in [0.3, 0.4) is 0 Å². The normalized spacial score (nSPS) is 12.3. The Morgan fingerprint density at radius 3 is 2.53 bits per heavy atom. The van der Waals surface area contributed by atoms with Crippen molar-refractivity contribution in [2.24, 2.45) is 0 Å². The zero-order chi connectivity index (χ0) is 11.6. The number of hydrogen-bond donors (Lipinski definition) is 1. The van der Waals surface area contributed by atoms with Crippen molar-refractivity contribution in [3.63, 3.8) is 0 Å². The third-order valence-corrected chi connectivity index (χ3v) is 4.36. The SMILES string of the molecule is CCn1nc(CS(=O)(=O)C(C)C)cc1N. The van der Waals surface area contributed by atoms with Gasteiger partial charge in [-0.2, -0.15) is 5.10 Å². The predicted molar refractivity (Wildman–Crippen MR) is 60.1 cm³/mol. The lowest BCUT2D eigenvalue weighted by Gasteiger charge is -2.04. The molecule has 0 unspecified atom stereocenters. The number of nitrogens with zero attached hydrogens (tertiary/aromatic N) is 2. The Morgan fingerprint density at radius 1 is 1.53 bits per heavy atom. The van der Waals surface area contributed by atoms with Gasteiger partial charge in [0.25, 0.3) is 0 Å². The molecule has 0 bridgehead atoms. The zero-order valence-electron chi connectivity index (χ0n) is 9.27. The molecule has 1 aromatic rings. The summed E-state index contributed by atoms with van der Waals surface area (Å²) in [7, 11) is -3.09. The molecule has 0 fully saturated rings. The van der Waals surface area contributed by atoms with E-state index in [1.165, 1.54) is 0 Å². The third kappa shape index (κ3) is 2.71. The van der Waals surface area contributed by atoms with Gasteiger partial charge in [-0.1, -0.05) is 0 Å². The maximum Gasteiger partial charge on any atom is 0.158 e. The monoisotopic (exact) mass is 231 g/mol. The Kier molecular flexibility index (Phi) is 3.38. The number of rotatable bonds is 4. The largest absolute Gasteiger partial charge is 0.384 e. The summed E-state index contributed by atoms with van der Waals surface area (Å²) < 4.78 is 24.8. The van der Waals surface area contributed by atoms with Crippen LogP contribution in [-0.4, -0.2) is 23.4 Å². The lowest BCUT2D eigenvalue weighted by Crippen LogP contribution is -2.16. The fourth-order valence-electron chi connectivity index (χ4n) is 1.18. The van der Waals surface area contributed by atoms with Crippen molar-refractivity contribution in [2.75, 3.05) is 5.73 Å². The highest BCUT2D eigenvalue weighted by Crippen LogP contribution is 2.12. The minimum absolute atomic E-state index is 0.0398. The van der Waals surface area contributed by atoms with Crippen LogP contribution in [0.1, 0.15) is 26.5 Å². The molecule has 5 nitrogen and oxygen atoms in total. The van der Waals surface area contributed by atoms with Crippen LogP contribution in [0.4, 0.5) is 5.82 Å². The van der Waals surface area contributed by atoms with E-state index in [2.05, 4.69) is 5.10 Å². The molecule has 0 aromatic carbocycles. The molecule has 0 aliphatic rings. The van der Waals surface area contributed by atoms with Crippen LogP contribution in [0.15, 0.2) is 6.07 Å². The zero-order valence-corrected chi connectivity index (χ0v) is 10.1. The van der Waals surface area contributed by atoms with E-state index in [-0.39, 0.29) is 11.0 Å². The molecule has 86 valence electrons. The van der Waals surface area contributed by atoms with Crippen molar-refractivity contribution in [1.82, 2.24) is 9.78 Å². The van der Waals surface area contributed by atoms with E-state index < -0.39 is 9.84 Å². The molecule has 1 aromatic heterocycles. The summed E-state index contributed by atoms with van der Waals surface area (Å²) in [4.78, 5) is 0. The lowest BCUT2D eigenvalue weighted by atomic mass is 10.5. The second-order valence-electron chi connectivity index (χ2n) is 3.73. The van der Waals surface area contributed by atoms with E-state index in [0.717, 1.165) is 0 Å². The minimum Gasteiger partial charge on any atom is -0.384 e.